The van der Waals surface area contributed by atoms with Crippen LogP contribution in [-0.4, -0.2) is 35.8 Å². The van der Waals surface area contributed by atoms with Gasteiger partial charge < -0.3 is 16.0 Å². The number of rotatable bonds is 3. The first-order chi connectivity index (χ1) is 9.40. The van der Waals surface area contributed by atoms with Crippen LogP contribution < -0.4 is 16.0 Å². The summed E-state index contributed by atoms with van der Waals surface area (Å²) in [4.78, 5) is 9.94. The normalized spacial score (nSPS) is 17.3. The van der Waals surface area contributed by atoms with Crippen molar-refractivity contribution in [3.63, 3.8) is 0 Å². The van der Waals surface area contributed by atoms with Gasteiger partial charge >= 0.3 is 6.18 Å². The predicted molar refractivity (Wildman–Crippen MR) is 71.6 cm³/mol. The first-order valence-electron chi connectivity index (χ1n) is 6.60. The summed E-state index contributed by atoms with van der Waals surface area (Å²) in [7, 11) is 0. The number of hydrogen-bond acceptors (Lipinski definition) is 5. The molecule has 112 valence electrons. The van der Waals surface area contributed by atoms with E-state index in [1.807, 2.05) is 11.8 Å². The van der Waals surface area contributed by atoms with E-state index in [1.54, 1.807) is 6.07 Å². The Kier molecular flexibility index (Phi) is 4.20. The van der Waals surface area contributed by atoms with Gasteiger partial charge in [0, 0.05) is 25.7 Å². The molecule has 0 aliphatic carbocycles. The van der Waals surface area contributed by atoms with E-state index < -0.39 is 12.1 Å². The van der Waals surface area contributed by atoms with Crippen molar-refractivity contribution >= 4 is 17.6 Å². The van der Waals surface area contributed by atoms with E-state index in [0.717, 1.165) is 0 Å². The number of anilines is 3. The van der Waals surface area contributed by atoms with E-state index in [4.69, 9.17) is 5.73 Å². The number of nitrogens with two attached hydrogens (primary N) is 1. The van der Waals surface area contributed by atoms with E-state index in [2.05, 4.69) is 15.3 Å². The molecule has 2 heterocycles. The molecule has 1 aromatic heterocycles. The zero-order valence-corrected chi connectivity index (χ0v) is 11.2. The molecule has 0 bridgehead atoms. The van der Waals surface area contributed by atoms with Crippen LogP contribution in [0.5, 0.6) is 0 Å². The molecule has 0 amide bonds. The smallest absolute Gasteiger partial charge is 0.370 e. The van der Waals surface area contributed by atoms with Crippen LogP contribution in [-0.2, 0) is 0 Å². The molecule has 2 rings (SSSR count). The molecule has 1 aliphatic rings. The summed E-state index contributed by atoms with van der Waals surface area (Å²) in [6, 6.07) is 1.72. The summed E-state index contributed by atoms with van der Waals surface area (Å²) in [6.07, 6.45) is -3.93. The summed E-state index contributed by atoms with van der Waals surface area (Å²) in [5.74, 6) is 0.0737. The highest BCUT2D eigenvalue weighted by Gasteiger charge is 2.41. The summed E-state index contributed by atoms with van der Waals surface area (Å²) in [5.41, 5.74) is 5.62. The van der Waals surface area contributed by atoms with Crippen molar-refractivity contribution in [1.29, 1.82) is 0 Å². The zero-order chi connectivity index (χ0) is 14.8. The van der Waals surface area contributed by atoms with Gasteiger partial charge in [-0.2, -0.15) is 23.1 Å². The van der Waals surface area contributed by atoms with Gasteiger partial charge in [-0.05, 0) is 19.8 Å². The molecule has 0 atom stereocenters. The van der Waals surface area contributed by atoms with E-state index >= 15 is 0 Å². The van der Waals surface area contributed by atoms with Crippen molar-refractivity contribution in [2.45, 2.75) is 25.9 Å². The number of piperidine rings is 1. The number of nitrogens with zero attached hydrogens (tertiary/aromatic N) is 3. The molecule has 0 spiro atoms. The quantitative estimate of drug-likeness (QED) is 0.893. The second-order valence-corrected chi connectivity index (χ2v) is 4.80. The molecule has 0 saturated carbocycles. The van der Waals surface area contributed by atoms with Crippen molar-refractivity contribution in [1.82, 2.24) is 9.97 Å². The van der Waals surface area contributed by atoms with Crippen LogP contribution in [0.25, 0.3) is 0 Å². The van der Waals surface area contributed by atoms with E-state index in [9.17, 15) is 13.2 Å². The zero-order valence-electron chi connectivity index (χ0n) is 11.2. The predicted octanol–water partition coefficient (Wildman–Crippen LogP) is 2.27. The maximum absolute atomic E-state index is 12.6. The minimum atomic E-state index is -4.11. The molecule has 0 radical (unpaired) electrons. The lowest BCUT2D eigenvalue weighted by Crippen LogP contribution is -2.39. The number of nitrogens with one attached hydrogen (secondary N) is 1. The topological polar surface area (TPSA) is 67.1 Å². The minimum Gasteiger partial charge on any atom is -0.370 e. The largest absolute Gasteiger partial charge is 0.391 e. The molecule has 1 fully saturated rings. The van der Waals surface area contributed by atoms with Crippen molar-refractivity contribution in [3.05, 3.63) is 6.07 Å². The van der Waals surface area contributed by atoms with Gasteiger partial charge in [0.15, 0.2) is 0 Å². The third-order valence-corrected chi connectivity index (χ3v) is 3.37. The maximum atomic E-state index is 12.6. The first-order valence-corrected chi connectivity index (χ1v) is 6.60. The highest BCUT2D eigenvalue weighted by atomic mass is 19.4. The van der Waals surface area contributed by atoms with Gasteiger partial charge in [0.05, 0.1) is 5.92 Å². The minimum absolute atomic E-state index is 0.0872. The number of aromatic nitrogens is 2. The van der Waals surface area contributed by atoms with Crippen molar-refractivity contribution < 1.29 is 13.2 Å². The standard InChI is InChI=1S/C12H18F3N5/c1-2-17-9-7-10(19-11(16)18-9)20-5-3-8(4-6-20)12(13,14)15/h7-8H,2-6H2,1H3,(H3,16,17,18,19). The highest BCUT2D eigenvalue weighted by Crippen LogP contribution is 2.35. The number of hydrogen-bond donors (Lipinski definition) is 2. The molecule has 1 aliphatic heterocycles. The Morgan fingerprint density at radius 3 is 2.55 bits per heavy atom. The molecule has 20 heavy (non-hydrogen) atoms. The Hall–Kier alpha value is -1.73. The number of alkyl halides is 3. The molecular formula is C12H18F3N5. The van der Waals surface area contributed by atoms with Gasteiger partial charge in [0.25, 0.3) is 0 Å². The first kappa shape index (κ1) is 14.7. The third-order valence-electron chi connectivity index (χ3n) is 3.37. The third kappa shape index (κ3) is 3.43. The Bertz CT molecular complexity index is 455. The lowest BCUT2D eigenvalue weighted by molar-refractivity contribution is -0.179. The van der Waals surface area contributed by atoms with E-state index in [1.165, 1.54) is 0 Å². The molecule has 3 N–H and O–H groups in total. The highest BCUT2D eigenvalue weighted by molar-refractivity contribution is 5.52. The summed E-state index contributed by atoms with van der Waals surface area (Å²) in [6.45, 7) is 3.26. The van der Waals surface area contributed by atoms with Gasteiger partial charge in [0.1, 0.15) is 11.6 Å². The number of nitrogen functional groups attached to an aromatic ring is 1. The second kappa shape index (κ2) is 5.72. The lowest BCUT2D eigenvalue weighted by atomic mass is 9.96. The number of halogens is 3. The SMILES string of the molecule is CCNc1cc(N2CCC(C(F)(F)F)CC2)nc(N)n1. The molecular weight excluding hydrogens is 271 g/mol. The molecule has 1 aromatic rings. The molecule has 5 nitrogen and oxygen atoms in total. The molecule has 1 saturated heterocycles. The van der Waals surface area contributed by atoms with Crippen LogP contribution in [0.15, 0.2) is 6.07 Å². The van der Waals surface area contributed by atoms with Gasteiger partial charge in [0.2, 0.25) is 5.95 Å². The van der Waals surface area contributed by atoms with Crippen LogP contribution in [0, 0.1) is 5.92 Å². The Balaban J connectivity index is 2.07. The average molecular weight is 289 g/mol. The fourth-order valence-corrected chi connectivity index (χ4v) is 2.32. The monoisotopic (exact) mass is 289 g/mol. The van der Waals surface area contributed by atoms with Crippen LogP contribution in [0.4, 0.5) is 30.8 Å². The van der Waals surface area contributed by atoms with Crippen molar-refractivity contribution in [3.8, 4) is 0 Å². The van der Waals surface area contributed by atoms with Crippen molar-refractivity contribution in [2.24, 2.45) is 5.92 Å². The fraction of sp³-hybridized carbons (Fsp3) is 0.667. The van der Waals surface area contributed by atoms with Gasteiger partial charge in [-0.3, -0.25) is 0 Å². The van der Waals surface area contributed by atoms with Crippen LogP contribution in [0.2, 0.25) is 0 Å². The van der Waals surface area contributed by atoms with Crippen LogP contribution in [0.3, 0.4) is 0 Å². The fourth-order valence-electron chi connectivity index (χ4n) is 2.32. The Labute approximate surface area is 115 Å². The van der Waals surface area contributed by atoms with E-state index in [-0.39, 0.29) is 18.8 Å². The Morgan fingerprint density at radius 1 is 1.35 bits per heavy atom. The molecule has 0 unspecified atom stereocenters. The van der Waals surface area contributed by atoms with Gasteiger partial charge in [-0.1, -0.05) is 0 Å². The van der Waals surface area contributed by atoms with Gasteiger partial charge in [-0.25, -0.2) is 0 Å². The molecule has 8 heteroatoms. The summed E-state index contributed by atoms with van der Waals surface area (Å²) >= 11 is 0. The lowest BCUT2D eigenvalue weighted by Gasteiger charge is -2.33. The van der Waals surface area contributed by atoms with Crippen LogP contribution in [0.1, 0.15) is 19.8 Å². The summed E-state index contributed by atoms with van der Waals surface area (Å²) < 4.78 is 37.9. The van der Waals surface area contributed by atoms with Crippen LogP contribution >= 0.6 is 0 Å². The maximum Gasteiger partial charge on any atom is 0.391 e. The van der Waals surface area contributed by atoms with Crippen molar-refractivity contribution in [2.75, 3.05) is 35.6 Å². The Morgan fingerprint density at radius 2 is 2.00 bits per heavy atom. The van der Waals surface area contributed by atoms with E-state index in [0.29, 0.717) is 31.3 Å². The average Bonchev–Trinajstić information content (AvgIpc) is 2.37. The summed E-state index contributed by atoms with van der Waals surface area (Å²) in [5, 5.41) is 3.02. The second-order valence-electron chi connectivity index (χ2n) is 4.80. The molecule has 0 aromatic carbocycles. The van der Waals surface area contributed by atoms with Gasteiger partial charge in [-0.15, -0.1) is 0 Å².